The quantitative estimate of drug-likeness (QED) is 0.862. The summed E-state index contributed by atoms with van der Waals surface area (Å²) in [6, 6.07) is 8.56. The van der Waals surface area contributed by atoms with Gasteiger partial charge >= 0.3 is 0 Å². The number of nitrogens with zero attached hydrogens (tertiary/aromatic N) is 1. The van der Waals surface area contributed by atoms with E-state index in [0.29, 0.717) is 18.1 Å². The van der Waals surface area contributed by atoms with Crippen LogP contribution in [0.25, 0.3) is 10.1 Å². The highest BCUT2D eigenvalue weighted by molar-refractivity contribution is 7.21. The van der Waals surface area contributed by atoms with Crippen LogP contribution in [0, 0.1) is 5.92 Å². The second-order valence-electron chi connectivity index (χ2n) is 8.84. The standard InChI is InChI=1S/C22H26N2O2S/c25-21(23-20-14-7-11-24(12-8-14)22(20)9-10-22)18-13-15-3-1-6-17(19(15)27-18)26-16-4-2-5-16/h1,3,6,13-14,16,20H,2,4-5,7-12H2,(H,23,25)/t20-/m1/s1. The Bertz CT molecular complexity index is 891. The molecule has 5 heteroatoms. The Kier molecular flexibility index (Phi) is 3.61. The van der Waals surface area contributed by atoms with Gasteiger partial charge in [0.15, 0.2) is 0 Å². The highest BCUT2D eigenvalue weighted by atomic mass is 32.1. The van der Waals surface area contributed by atoms with E-state index in [9.17, 15) is 4.79 Å². The number of carbonyl (C=O) groups excluding carboxylic acids is 1. The van der Waals surface area contributed by atoms with Crippen molar-refractivity contribution in [2.24, 2.45) is 5.92 Å². The molecule has 1 aromatic carbocycles. The predicted octanol–water partition coefficient (Wildman–Crippen LogP) is 4.19. The van der Waals surface area contributed by atoms with Crippen molar-refractivity contribution in [3.63, 3.8) is 0 Å². The second kappa shape index (κ2) is 5.95. The summed E-state index contributed by atoms with van der Waals surface area (Å²) < 4.78 is 7.28. The molecule has 3 aliphatic heterocycles. The van der Waals surface area contributed by atoms with Crippen LogP contribution >= 0.6 is 11.3 Å². The van der Waals surface area contributed by atoms with Crippen molar-refractivity contribution in [1.29, 1.82) is 0 Å². The largest absolute Gasteiger partial charge is 0.489 e. The number of amides is 1. The Balaban J connectivity index is 1.26. The number of hydrogen-bond acceptors (Lipinski definition) is 4. The van der Waals surface area contributed by atoms with Crippen LogP contribution in [0.4, 0.5) is 0 Å². The summed E-state index contributed by atoms with van der Waals surface area (Å²) in [4.78, 5) is 16.6. The van der Waals surface area contributed by atoms with Crippen LogP contribution in [0.1, 0.15) is 54.6 Å². The second-order valence-corrected chi connectivity index (χ2v) is 9.89. The summed E-state index contributed by atoms with van der Waals surface area (Å²) in [5.74, 6) is 1.71. The predicted molar refractivity (Wildman–Crippen MR) is 108 cm³/mol. The molecule has 0 radical (unpaired) electrons. The van der Waals surface area contributed by atoms with E-state index in [0.717, 1.165) is 33.6 Å². The molecule has 1 amide bonds. The maximum Gasteiger partial charge on any atom is 0.261 e. The molecule has 1 spiro atoms. The van der Waals surface area contributed by atoms with E-state index in [4.69, 9.17) is 4.74 Å². The number of hydrogen-bond donors (Lipinski definition) is 1. The molecule has 4 nitrogen and oxygen atoms in total. The third kappa shape index (κ3) is 2.54. The summed E-state index contributed by atoms with van der Waals surface area (Å²) in [6.07, 6.45) is 8.89. The molecule has 142 valence electrons. The summed E-state index contributed by atoms with van der Waals surface area (Å²) >= 11 is 1.59. The van der Waals surface area contributed by atoms with Crippen molar-refractivity contribution in [2.45, 2.75) is 62.6 Å². The maximum atomic E-state index is 13.1. The molecule has 4 heterocycles. The Morgan fingerprint density at radius 3 is 2.70 bits per heavy atom. The summed E-state index contributed by atoms with van der Waals surface area (Å²) in [5.41, 5.74) is 0.284. The molecule has 2 aliphatic carbocycles. The van der Waals surface area contributed by atoms with Crippen LogP contribution in [0.2, 0.25) is 0 Å². The summed E-state index contributed by atoms with van der Waals surface area (Å²) in [5, 5.41) is 4.57. The Hall–Kier alpha value is -1.59. The first-order valence-electron chi connectivity index (χ1n) is 10.5. The fourth-order valence-electron chi connectivity index (χ4n) is 5.44. The van der Waals surface area contributed by atoms with E-state index in [2.05, 4.69) is 16.3 Å². The van der Waals surface area contributed by atoms with E-state index >= 15 is 0 Å². The van der Waals surface area contributed by atoms with E-state index in [1.807, 2.05) is 18.2 Å². The molecule has 7 rings (SSSR count). The van der Waals surface area contributed by atoms with Gasteiger partial charge in [-0.25, -0.2) is 0 Å². The first-order valence-corrected chi connectivity index (χ1v) is 11.3. The fraction of sp³-hybridized carbons (Fsp3) is 0.591. The van der Waals surface area contributed by atoms with Crippen LogP contribution < -0.4 is 10.1 Å². The third-order valence-corrected chi connectivity index (χ3v) is 8.51. The van der Waals surface area contributed by atoms with Gasteiger partial charge in [0.1, 0.15) is 5.75 Å². The number of piperidine rings is 3. The first kappa shape index (κ1) is 16.4. The zero-order chi connectivity index (χ0) is 18.0. The van der Waals surface area contributed by atoms with Crippen LogP contribution in [0.5, 0.6) is 5.75 Å². The zero-order valence-corrected chi connectivity index (χ0v) is 16.4. The number of benzene rings is 1. The van der Waals surface area contributed by atoms with E-state index < -0.39 is 0 Å². The zero-order valence-electron chi connectivity index (χ0n) is 15.6. The molecule has 27 heavy (non-hydrogen) atoms. The van der Waals surface area contributed by atoms with Crippen molar-refractivity contribution in [1.82, 2.24) is 10.2 Å². The molecule has 5 aliphatic rings. The van der Waals surface area contributed by atoms with Crippen molar-refractivity contribution >= 4 is 27.3 Å². The third-order valence-electron chi connectivity index (χ3n) is 7.35. The molecule has 0 unspecified atom stereocenters. The van der Waals surface area contributed by atoms with Crippen molar-refractivity contribution in [3.8, 4) is 5.75 Å². The maximum absolute atomic E-state index is 13.1. The summed E-state index contributed by atoms with van der Waals surface area (Å²) in [7, 11) is 0. The van der Waals surface area contributed by atoms with Crippen LogP contribution in [-0.2, 0) is 0 Å². The van der Waals surface area contributed by atoms with Gasteiger partial charge in [0, 0.05) is 5.54 Å². The average Bonchev–Trinajstić information content (AvgIpc) is 3.30. The number of nitrogens with one attached hydrogen (secondary N) is 1. The molecular formula is C22H26N2O2S. The number of ether oxygens (including phenoxy) is 1. The Morgan fingerprint density at radius 1 is 1.19 bits per heavy atom. The van der Waals surface area contributed by atoms with Gasteiger partial charge in [-0.2, -0.15) is 0 Å². The minimum absolute atomic E-state index is 0.107. The minimum Gasteiger partial charge on any atom is -0.489 e. The molecule has 1 N–H and O–H groups in total. The lowest BCUT2D eigenvalue weighted by Gasteiger charge is -2.52. The molecule has 1 atom stereocenters. The van der Waals surface area contributed by atoms with Gasteiger partial charge in [-0.3, -0.25) is 9.69 Å². The van der Waals surface area contributed by atoms with Crippen molar-refractivity contribution in [3.05, 3.63) is 29.1 Å². The normalized spacial score (nSPS) is 31.0. The lowest BCUT2D eigenvalue weighted by molar-refractivity contribution is -0.00138. The fourth-order valence-corrected chi connectivity index (χ4v) is 6.46. The number of fused-ring (bicyclic) bond motifs is 3. The molecule has 2 saturated carbocycles. The van der Waals surface area contributed by atoms with Gasteiger partial charge in [-0.15, -0.1) is 11.3 Å². The lowest BCUT2D eigenvalue weighted by Crippen LogP contribution is -2.65. The van der Waals surface area contributed by atoms with Gasteiger partial charge in [0.25, 0.3) is 5.91 Å². The monoisotopic (exact) mass is 382 g/mol. The Labute approximate surface area is 163 Å². The van der Waals surface area contributed by atoms with Gasteiger partial charge in [-0.05, 0) is 81.5 Å². The Morgan fingerprint density at radius 2 is 2.00 bits per heavy atom. The average molecular weight is 383 g/mol. The molecule has 5 fully saturated rings. The summed E-state index contributed by atoms with van der Waals surface area (Å²) in [6.45, 7) is 2.45. The molecule has 3 saturated heterocycles. The number of thiophene rings is 1. The smallest absolute Gasteiger partial charge is 0.261 e. The molecular weight excluding hydrogens is 356 g/mol. The van der Waals surface area contributed by atoms with E-state index in [1.54, 1.807) is 11.3 Å². The molecule has 2 aromatic rings. The minimum atomic E-state index is 0.107. The van der Waals surface area contributed by atoms with Crippen LogP contribution in [-0.4, -0.2) is 41.6 Å². The van der Waals surface area contributed by atoms with E-state index in [1.165, 1.54) is 45.2 Å². The highest BCUT2D eigenvalue weighted by Crippen LogP contribution is 2.53. The number of rotatable bonds is 4. The van der Waals surface area contributed by atoms with Gasteiger partial charge < -0.3 is 10.1 Å². The van der Waals surface area contributed by atoms with Gasteiger partial charge in [0.05, 0.1) is 21.7 Å². The highest BCUT2D eigenvalue weighted by Gasteiger charge is 2.60. The van der Waals surface area contributed by atoms with Crippen molar-refractivity contribution in [2.75, 3.05) is 13.1 Å². The number of carbonyl (C=O) groups is 1. The van der Waals surface area contributed by atoms with Gasteiger partial charge in [-0.1, -0.05) is 12.1 Å². The molecule has 2 bridgehead atoms. The lowest BCUT2D eigenvalue weighted by atomic mass is 9.77. The van der Waals surface area contributed by atoms with Crippen LogP contribution in [0.15, 0.2) is 24.3 Å². The molecule has 1 aromatic heterocycles. The van der Waals surface area contributed by atoms with Crippen LogP contribution in [0.3, 0.4) is 0 Å². The topological polar surface area (TPSA) is 41.6 Å². The van der Waals surface area contributed by atoms with E-state index in [-0.39, 0.29) is 11.4 Å². The van der Waals surface area contributed by atoms with Gasteiger partial charge in [0.2, 0.25) is 0 Å². The first-order chi connectivity index (χ1) is 13.2. The van der Waals surface area contributed by atoms with Crippen molar-refractivity contribution < 1.29 is 9.53 Å². The SMILES string of the molecule is O=C(N[C@@H]1C2CCN(CC2)C12CC2)c1cc2cccc(OC3CCC3)c2s1.